The van der Waals surface area contributed by atoms with Gasteiger partial charge in [-0.05, 0) is 6.92 Å². The minimum atomic E-state index is -0.264. The van der Waals surface area contributed by atoms with Crippen LogP contribution in [0.4, 0.5) is 0 Å². The molecule has 0 aromatic carbocycles. The fraction of sp³-hybridized carbons (Fsp3) is 0.625. The summed E-state index contributed by atoms with van der Waals surface area (Å²) in [6.07, 6.45) is 0. The van der Waals surface area contributed by atoms with E-state index < -0.39 is 0 Å². The van der Waals surface area contributed by atoms with E-state index >= 15 is 0 Å². The van der Waals surface area contributed by atoms with Crippen molar-refractivity contribution in [3.8, 4) is 0 Å². The fourth-order valence-corrected chi connectivity index (χ4v) is 0.796. The van der Waals surface area contributed by atoms with E-state index in [1.54, 1.807) is 6.92 Å². The second-order valence-electron chi connectivity index (χ2n) is 2.60. The van der Waals surface area contributed by atoms with Gasteiger partial charge in [0.05, 0.1) is 6.61 Å². The minimum absolute atomic E-state index is 0.264. The van der Waals surface area contributed by atoms with Gasteiger partial charge in [0.25, 0.3) is 0 Å². The van der Waals surface area contributed by atoms with E-state index in [1.165, 1.54) is 0 Å². The summed E-state index contributed by atoms with van der Waals surface area (Å²) in [5.74, 6) is -0.264. The number of carbonyl (C=O) groups excluding carboxylic acids is 1. The molecule has 1 fully saturated rings. The summed E-state index contributed by atoms with van der Waals surface area (Å²) >= 11 is 0. The van der Waals surface area contributed by atoms with E-state index in [4.69, 9.17) is 4.74 Å². The van der Waals surface area contributed by atoms with Crippen LogP contribution in [0.1, 0.15) is 6.92 Å². The third-order valence-electron chi connectivity index (χ3n) is 1.52. The second kappa shape index (κ2) is 3.53. The van der Waals surface area contributed by atoms with Gasteiger partial charge in [-0.1, -0.05) is 6.58 Å². The van der Waals surface area contributed by atoms with E-state index in [2.05, 4.69) is 11.5 Å². The van der Waals surface area contributed by atoms with Crippen LogP contribution in [-0.4, -0.2) is 37.1 Å². The number of hydrogen-bond acceptors (Lipinski definition) is 3. The van der Waals surface area contributed by atoms with Crippen molar-refractivity contribution in [1.82, 2.24) is 4.90 Å². The summed E-state index contributed by atoms with van der Waals surface area (Å²) in [6, 6.07) is 0. The molecule has 0 radical (unpaired) electrons. The van der Waals surface area contributed by atoms with E-state index in [0.29, 0.717) is 18.7 Å². The molecule has 1 heterocycles. The maximum absolute atomic E-state index is 11.0. The highest BCUT2D eigenvalue weighted by Gasteiger charge is 2.20. The number of ether oxygens (including phenoxy) is 1. The summed E-state index contributed by atoms with van der Waals surface area (Å²) in [5.41, 5.74) is 0.560. The largest absolute Gasteiger partial charge is 0.463 e. The van der Waals surface area contributed by atoms with Crippen molar-refractivity contribution < 1.29 is 9.53 Å². The average molecular weight is 155 g/mol. The van der Waals surface area contributed by atoms with Gasteiger partial charge >= 0.3 is 5.97 Å². The number of esters is 1. The van der Waals surface area contributed by atoms with Gasteiger partial charge in [-0.3, -0.25) is 4.90 Å². The van der Waals surface area contributed by atoms with Gasteiger partial charge in [0, 0.05) is 25.2 Å². The average Bonchev–Trinajstić information content (AvgIpc) is 2.72. The van der Waals surface area contributed by atoms with Crippen molar-refractivity contribution >= 4 is 5.97 Å². The van der Waals surface area contributed by atoms with Crippen molar-refractivity contribution in [1.29, 1.82) is 0 Å². The second-order valence-corrected chi connectivity index (χ2v) is 2.60. The van der Waals surface area contributed by atoms with Gasteiger partial charge in [-0.2, -0.15) is 0 Å². The van der Waals surface area contributed by atoms with Crippen molar-refractivity contribution in [3.63, 3.8) is 0 Å². The molecule has 0 N–H and O–H groups in total. The number of hydrogen-bond donors (Lipinski definition) is 0. The van der Waals surface area contributed by atoms with Crippen molar-refractivity contribution in [2.24, 2.45) is 0 Å². The lowest BCUT2D eigenvalue weighted by atomic mass is 10.3. The molecule has 0 aliphatic carbocycles. The Morgan fingerprint density at radius 1 is 1.64 bits per heavy atom. The highest BCUT2D eigenvalue weighted by molar-refractivity contribution is 5.88. The molecule has 0 amide bonds. The van der Waals surface area contributed by atoms with Gasteiger partial charge in [-0.25, -0.2) is 4.79 Å². The maximum atomic E-state index is 11.0. The molecule has 0 unspecified atom stereocenters. The molecule has 62 valence electrons. The first-order chi connectivity index (χ1) is 5.24. The first-order valence-electron chi connectivity index (χ1n) is 3.81. The predicted octanol–water partition coefficient (Wildman–Crippen LogP) is 0.421. The number of nitrogens with zero attached hydrogens (tertiary/aromatic N) is 1. The summed E-state index contributed by atoms with van der Waals surface area (Å²) in [7, 11) is 0. The molecule has 1 aliphatic rings. The first-order valence-corrected chi connectivity index (χ1v) is 3.81. The molecule has 0 atom stereocenters. The van der Waals surface area contributed by atoms with Gasteiger partial charge in [0.2, 0.25) is 0 Å². The predicted molar refractivity (Wildman–Crippen MR) is 42.2 cm³/mol. The van der Waals surface area contributed by atoms with E-state index in [9.17, 15) is 4.79 Å². The van der Waals surface area contributed by atoms with Gasteiger partial charge in [-0.15, -0.1) is 0 Å². The molecule has 0 aromatic heterocycles. The highest BCUT2D eigenvalue weighted by Crippen LogP contribution is 2.07. The Morgan fingerprint density at radius 2 is 2.27 bits per heavy atom. The fourth-order valence-electron chi connectivity index (χ4n) is 0.796. The summed E-state index contributed by atoms with van der Waals surface area (Å²) in [5, 5.41) is 0. The molecule has 3 heteroatoms. The molecule has 1 rings (SSSR count). The standard InChI is InChI=1S/C8H13NO2/c1-3-11-8(10)7(2)6-9-4-5-9/h2-6H2,1H3. The summed E-state index contributed by atoms with van der Waals surface area (Å²) < 4.78 is 4.77. The normalized spacial score (nSPS) is 16.1. The number of carbonyl (C=O) groups is 1. The van der Waals surface area contributed by atoms with E-state index in [0.717, 1.165) is 13.1 Å². The van der Waals surface area contributed by atoms with Crippen LogP contribution in [0.25, 0.3) is 0 Å². The van der Waals surface area contributed by atoms with Crippen LogP contribution >= 0.6 is 0 Å². The zero-order chi connectivity index (χ0) is 8.27. The number of rotatable bonds is 4. The first kappa shape index (κ1) is 8.27. The monoisotopic (exact) mass is 155 g/mol. The third kappa shape index (κ3) is 2.72. The molecular formula is C8H13NO2. The molecule has 1 aliphatic heterocycles. The molecule has 11 heavy (non-hydrogen) atoms. The van der Waals surface area contributed by atoms with Crippen LogP contribution in [0, 0.1) is 0 Å². The topological polar surface area (TPSA) is 29.3 Å². The minimum Gasteiger partial charge on any atom is -0.463 e. The van der Waals surface area contributed by atoms with Crippen LogP contribution in [0.2, 0.25) is 0 Å². The Morgan fingerprint density at radius 3 is 2.73 bits per heavy atom. The zero-order valence-electron chi connectivity index (χ0n) is 6.80. The Balaban J connectivity index is 2.21. The van der Waals surface area contributed by atoms with Crippen molar-refractivity contribution in [2.75, 3.05) is 26.2 Å². The summed E-state index contributed by atoms with van der Waals surface area (Å²) in [6.45, 7) is 8.69. The Labute approximate surface area is 66.6 Å². The maximum Gasteiger partial charge on any atom is 0.334 e. The smallest absolute Gasteiger partial charge is 0.334 e. The van der Waals surface area contributed by atoms with Crippen LogP contribution in [0.3, 0.4) is 0 Å². The van der Waals surface area contributed by atoms with Gasteiger partial charge in [0.15, 0.2) is 0 Å². The molecular weight excluding hydrogens is 142 g/mol. The van der Waals surface area contributed by atoms with Crippen molar-refractivity contribution in [2.45, 2.75) is 6.92 Å². The molecule has 0 spiro atoms. The Hall–Kier alpha value is -0.830. The third-order valence-corrected chi connectivity index (χ3v) is 1.52. The zero-order valence-corrected chi connectivity index (χ0v) is 6.80. The molecule has 1 saturated heterocycles. The van der Waals surface area contributed by atoms with Gasteiger partial charge in [0.1, 0.15) is 0 Å². The van der Waals surface area contributed by atoms with E-state index in [1.807, 2.05) is 0 Å². The van der Waals surface area contributed by atoms with Crippen molar-refractivity contribution in [3.05, 3.63) is 12.2 Å². The van der Waals surface area contributed by atoms with Crippen LogP contribution in [0.15, 0.2) is 12.2 Å². The quantitative estimate of drug-likeness (QED) is 0.335. The van der Waals surface area contributed by atoms with Gasteiger partial charge < -0.3 is 4.74 Å². The SMILES string of the molecule is C=C(CN1CC1)C(=O)OCC. The molecule has 0 aromatic rings. The highest BCUT2D eigenvalue weighted by atomic mass is 16.5. The Bertz CT molecular complexity index is 173. The summed E-state index contributed by atoms with van der Waals surface area (Å²) in [4.78, 5) is 13.1. The lowest BCUT2D eigenvalue weighted by Crippen LogP contribution is -2.14. The van der Waals surface area contributed by atoms with Crippen LogP contribution in [0.5, 0.6) is 0 Å². The van der Waals surface area contributed by atoms with Crippen LogP contribution in [-0.2, 0) is 9.53 Å². The molecule has 0 bridgehead atoms. The van der Waals surface area contributed by atoms with E-state index in [-0.39, 0.29) is 5.97 Å². The lowest BCUT2D eigenvalue weighted by Gasteiger charge is -2.04. The molecule has 3 nitrogen and oxygen atoms in total. The van der Waals surface area contributed by atoms with Crippen LogP contribution < -0.4 is 0 Å². The lowest BCUT2D eigenvalue weighted by molar-refractivity contribution is -0.138. The molecule has 0 saturated carbocycles. The Kier molecular flexibility index (Phi) is 2.65.